The van der Waals surface area contributed by atoms with Crippen LogP contribution in [-0.4, -0.2) is 26.2 Å². The van der Waals surface area contributed by atoms with Crippen molar-refractivity contribution in [2.75, 3.05) is 0 Å². The summed E-state index contributed by atoms with van der Waals surface area (Å²) in [6.07, 6.45) is 4.88. The molecule has 5 heteroatoms. The van der Waals surface area contributed by atoms with Crippen LogP contribution in [-0.2, 0) is 6.42 Å². The van der Waals surface area contributed by atoms with Gasteiger partial charge in [-0.25, -0.2) is 0 Å². The minimum Gasteiger partial charge on any atom is -0.508 e. The molecule has 0 amide bonds. The number of benzene rings is 2. The van der Waals surface area contributed by atoms with E-state index in [1.54, 1.807) is 0 Å². The topological polar surface area (TPSA) is 98.0 Å². The number of rotatable bonds is 5. The van der Waals surface area contributed by atoms with Crippen molar-refractivity contribution in [3.8, 4) is 23.0 Å². The molecule has 5 nitrogen and oxygen atoms in total. The molecule has 130 valence electrons. The number of aromatic hydroxyl groups is 4. The van der Waals surface area contributed by atoms with Gasteiger partial charge >= 0.3 is 0 Å². The zero-order valence-electron chi connectivity index (χ0n) is 14.0. The van der Waals surface area contributed by atoms with E-state index in [9.17, 15) is 25.2 Å². The summed E-state index contributed by atoms with van der Waals surface area (Å²) < 4.78 is 0. The zero-order valence-corrected chi connectivity index (χ0v) is 14.0. The van der Waals surface area contributed by atoms with Crippen molar-refractivity contribution < 1.29 is 25.2 Å². The SMILES string of the molecule is CC(C)=CCc1c(O)ccc(C(=O)C=Cc2ccc(O)c(O)c2)c1O. The standard InChI is InChI=1S/C20H20O5/c1-12(2)3-6-14-17(22)10-7-15(20(14)25)16(21)8-4-13-5-9-18(23)19(24)11-13/h3-5,7-11,22-25H,6H2,1-2H3. The molecular weight excluding hydrogens is 320 g/mol. The van der Waals surface area contributed by atoms with Crippen LogP contribution in [0.25, 0.3) is 6.08 Å². The van der Waals surface area contributed by atoms with Crippen molar-refractivity contribution in [1.29, 1.82) is 0 Å². The number of allylic oxidation sites excluding steroid dienone is 3. The van der Waals surface area contributed by atoms with Gasteiger partial charge in [0.2, 0.25) is 0 Å². The van der Waals surface area contributed by atoms with Crippen LogP contribution >= 0.6 is 0 Å². The summed E-state index contributed by atoms with van der Waals surface area (Å²) in [6, 6.07) is 6.90. The molecule has 2 aromatic carbocycles. The Morgan fingerprint density at radius 3 is 2.28 bits per heavy atom. The summed E-state index contributed by atoms with van der Waals surface area (Å²) >= 11 is 0. The van der Waals surface area contributed by atoms with Gasteiger partial charge in [0.25, 0.3) is 0 Å². The van der Waals surface area contributed by atoms with Crippen molar-refractivity contribution in [2.24, 2.45) is 0 Å². The van der Waals surface area contributed by atoms with E-state index in [0.29, 0.717) is 17.5 Å². The van der Waals surface area contributed by atoms with E-state index >= 15 is 0 Å². The van der Waals surface area contributed by atoms with E-state index in [2.05, 4.69) is 0 Å². The fraction of sp³-hybridized carbons (Fsp3) is 0.150. The van der Waals surface area contributed by atoms with E-state index in [0.717, 1.165) is 5.57 Å². The van der Waals surface area contributed by atoms with Crippen molar-refractivity contribution in [3.63, 3.8) is 0 Å². The fourth-order valence-corrected chi connectivity index (χ4v) is 2.24. The lowest BCUT2D eigenvalue weighted by molar-refractivity contribution is 0.104. The Labute approximate surface area is 145 Å². The monoisotopic (exact) mass is 340 g/mol. The summed E-state index contributed by atoms with van der Waals surface area (Å²) in [4.78, 5) is 12.3. The third kappa shape index (κ3) is 4.41. The highest BCUT2D eigenvalue weighted by atomic mass is 16.3. The quantitative estimate of drug-likeness (QED) is 0.286. The number of phenols is 4. The number of ketones is 1. The van der Waals surface area contributed by atoms with E-state index in [1.165, 1.54) is 42.5 Å². The maximum atomic E-state index is 12.3. The highest BCUT2D eigenvalue weighted by Crippen LogP contribution is 2.32. The van der Waals surface area contributed by atoms with Crippen molar-refractivity contribution >= 4 is 11.9 Å². The average molecular weight is 340 g/mol. The molecule has 0 fully saturated rings. The van der Waals surface area contributed by atoms with Gasteiger partial charge in [0, 0.05) is 5.56 Å². The Morgan fingerprint density at radius 1 is 0.960 bits per heavy atom. The molecular formula is C20H20O5. The molecule has 2 aromatic rings. The van der Waals surface area contributed by atoms with Crippen LogP contribution in [0.2, 0.25) is 0 Å². The maximum Gasteiger partial charge on any atom is 0.189 e. The number of carbonyl (C=O) groups excluding carboxylic acids is 1. The lowest BCUT2D eigenvalue weighted by Gasteiger charge is -2.09. The molecule has 0 heterocycles. The van der Waals surface area contributed by atoms with Gasteiger partial charge in [0.15, 0.2) is 17.3 Å². The van der Waals surface area contributed by atoms with Gasteiger partial charge in [0.05, 0.1) is 5.56 Å². The van der Waals surface area contributed by atoms with Gasteiger partial charge in [-0.05, 0) is 56.2 Å². The lowest BCUT2D eigenvalue weighted by atomic mass is 10.0. The first-order valence-electron chi connectivity index (χ1n) is 7.71. The van der Waals surface area contributed by atoms with Crippen molar-refractivity contribution in [2.45, 2.75) is 20.3 Å². The van der Waals surface area contributed by atoms with E-state index < -0.39 is 5.78 Å². The van der Waals surface area contributed by atoms with Gasteiger partial charge in [0.1, 0.15) is 11.5 Å². The van der Waals surface area contributed by atoms with Crippen molar-refractivity contribution in [3.05, 3.63) is 64.7 Å². The molecule has 0 aliphatic carbocycles. The molecule has 2 rings (SSSR count). The first-order valence-corrected chi connectivity index (χ1v) is 7.71. The Kier molecular flexibility index (Phi) is 5.49. The molecule has 0 aromatic heterocycles. The Hall–Kier alpha value is -3.21. The van der Waals surface area contributed by atoms with Crippen LogP contribution in [0.5, 0.6) is 23.0 Å². The third-order valence-corrected chi connectivity index (χ3v) is 3.66. The summed E-state index contributed by atoms with van der Waals surface area (Å²) in [7, 11) is 0. The highest BCUT2D eigenvalue weighted by Gasteiger charge is 2.15. The predicted molar refractivity (Wildman–Crippen MR) is 96.0 cm³/mol. The van der Waals surface area contributed by atoms with Crippen LogP contribution < -0.4 is 0 Å². The van der Waals surface area contributed by atoms with E-state index in [4.69, 9.17) is 0 Å². The van der Waals surface area contributed by atoms with Gasteiger partial charge in [-0.1, -0.05) is 23.8 Å². The second-order valence-electron chi connectivity index (χ2n) is 5.89. The number of carbonyl (C=O) groups is 1. The van der Waals surface area contributed by atoms with E-state index in [-0.39, 0.29) is 28.6 Å². The highest BCUT2D eigenvalue weighted by molar-refractivity contribution is 6.09. The molecule has 0 unspecified atom stereocenters. The van der Waals surface area contributed by atoms with Crippen LogP contribution in [0.15, 0.2) is 48.1 Å². The fourth-order valence-electron chi connectivity index (χ4n) is 2.24. The third-order valence-electron chi connectivity index (χ3n) is 3.66. The van der Waals surface area contributed by atoms with Gasteiger partial charge in [-0.2, -0.15) is 0 Å². The zero-order chi connectivity index (χ0) is 18.6. The molecule has 0 saturated heterocycles. The average Bonchev–Trinajstić information content (AvgIpc) is 2.55. The van der Waals surface area contributed by atoms with Crippen LogP contribution in [0.4, 0.5) is 0 Å². The Morgan fingerprint density at radius 2 is 1.64 bits per heavy atom. The second kappa shape index (κ2) is 7.57. The normalized spacial score (nSPS) is 10.8. The van der Waals surface area contributed by atoms with Crippen molar-refractivity contribution in [1.82, 2.24) is 0 Å². The number of hydrogen-bond acceptors (Lipinski definition) is 5. The number of hydrogen-bond donors (Lipinski definition) is 4. The van der Waals surface area contributed by atoms with Crippen LogP contribution in [0, 0.1) is 0 Å². The van der Waals surface area contributed by atoms with E-state index in [1.807, 2.05) is 19.9 Å². The van der Waals surface area contributed by atoms with Gasteiger partial charge < -0.3 is 20.4 Å². The molecule has 4 N–H and O–H groups in total. The molecule has 0 aliphatic heterocycles. The molecule has 0 aliphatic rings. The largest absolute Gasteiger partial charge is 0.508 e. The Balaban J connectivity index is 2.29. The molecule has 25 heavy (non-hydrogen) atoms. The molecule has 0 saturated carbocycles. The Bertz CT molecular complexity index is 859. The molecule has 0 bridgehead atoms. The minimum atomic E-state index is -0.441. The lowest BCUT2D eigenvalue weighted by Crippen LogP contribution is -1.98. The number of phenolic OH excluding ortho intramolecular Hbond substituents is 4. The van der Waals surface area contributed by atoms with Crippen LogP contribution in [0.3, 0.4) is 0 Å². The van der Waals surface area contributed by atoms with Gasteiger partial charge in [-0.3, -0.25) is 4.79 Å². The second-order valence-corrected chi connectivity index (χ2v) is 5.89. The van der Waals surface area contributed by atoms with Gasteiger partial charge in [-0.15, -0.1) is 0 Å². The smallest absolute Gasteiger partial charge is 0.189 e. The molecule has 0 atom stereocenters. The summed E-state index contributed by atoms with van der Waals surface area (Å²) in [5.41, 5.74) is 1.92. The predicted octanol–water partition coefficient (Wildman–Crippen LogP) is 3.91. The first-order chi connectivity index (χ1) is 11.8. The molecule has 0 spiro atoms. The first kappa shape index (κ1) is 18.1. The van der Waals surface area contributed by atoms with Crippen LogP contribution in [0.1, 0.15) is 35.3 Å². The summed E-state index contributed by atoms with van der Waals surface area (Å²) in [6.45, 7) is 3.80. The summed E-state index contributed by atoms with van der Waals surface area (Å²) in [5, 5.41) is 39.0. The molecule has 0 radical (unpaired) electrons. The maximum absolute atomic E-state index is 12.3. The minimum absolute atomic E-state index is 0.0704. The summed E-state index contributed by atoms with van der Waals surface area (Å²) in [5.74, 6) is -1.29.